The average molecular weight is 285 g/mol. The molecular weight excluding hydrogens is 266 g/mol. The van der Waals surface area contributed by atoms with E-state index in [1.807, 2.05) is 11.3 Å². The Balaban J connectivity index is 1.44. The summed E-state index contributed by atoms with van der Waals surface area (Å²) >= 11 is 1.88. The molecule has 2 bridgehead atoms. The van der Waals surface area contributed by atoms with E-state index in [9.17, 15) is 0 Å². The van der Waals surface area contributed by atoms with Gasteiger partial charge in [-0.3, -0.25) is 4.90 Å². The standard InChI is InChI=1S/C16H19N3S/c1-2-4-15-12(3-1)18-16(20-15)9-19-13-5-6-14(19)11-8-17-7-10(11)13/h1-4,10-11,13-14,17H,5-9H2/t10-,11+,13-,14+. The Labute approximate surface area is 123 Å². The van der Waals surface area contributed by atoms with Crippen molar-refractivity contribution in [1.82, 2.24) is 15.2 Å². The Hall–Kier alpha value is -0.970. The van der Waals surface area contributed by atoms with Crippen LogP contribution >= 0.6 is 11.3 Å². The molecule has 0 saturated carbocycles. The van der Waals surface area contributed by atoms with Crippen LogP contribution in [0.3, 0.4) is 0 Å². The van der Waals surface area contributed by atoms with E-state index in [2.05, 4.69) is 34.5 Å². The third-order valence-electron chi connectivity index (χ3n) is 5.56. The van der Waals surface area contributed by atoms with Crippen molar-refractivity contribution < 1.29 is 0 Å². The smallest absolute Gasteiger partial charge is 0.108 e. The molecule has 5 rings (SSSR count). The van der Waals surface area contributed by atoms with Crippen LogP contribution in [0.5, 0.6) is 0 Å². The molecule has 104 valence electrons. The first-order valence-corrected chi connectivity index (χ1v) is 8.53. The van der Waals surface area contributed by atoms with Gasteiger partial charge in [-0.15, -0.1) is 11.3 Å². The number of thiazole rings is 1. The maximum absolute atomic E-state index is 4.83. The molecule has 1 aromatic carbocycles. The molecule has 4 heterocycles. The van der Waals surface area contributed by atoms with Gasteiger partial charge in [-0.05, 0) is 49.9 Å². The Kier molecular flexibility index (Phi) is 2.49. The Bertz CT molecular complexity index is 601. The van der Waals surface area contributed by atoms with Crippen molar-refractivity contribution in [2.75, 3.05) is 13.1 Å². The van der Waals surface area contributed by atoms with E-state index in [0.717, 1.165) is 30.5 Å². The summed E-state index contributed by atoms with van der Waals surface area (Å²) in [7, 11) is 0. The Morgan fingerprint density at radius 3 is 2.65 bits per heavy atom. The number of nitrogens with zero attached hydrogens (tertiary/aromatic N) is 2. The summed E-state index contributed by atoms with van der Waals surface area (Å²) < 4.78 is 1.33. The fourth-order valence-corrected chi connectivity index (χ4v) is 5.76. The van der Waals surface area contributed by atoms with Gasteiger partial charge in [0, 0.05) is 12.1 Å². The van der Waals surface area contributed by atoms with Crippen LogP contribution in [-0.2, 0) is 6.54 Å². The van der Waals surface area contributed by atoms with E-state index >= 15 is 0 Å². The van der Waals surface area contributed by atoms with Crippen LogP contribution in [0.25, 0.3) is 10.2 Å². The number of hydrogen-bond acceptors (Lipinski definition) is 4. The van der Waals surface area contributed by atoms with Gasteiger partial charge in [0.05, 0.1) is 16.8 Å². The van der Waals surface area contributed by atoms with Gasteiger partial charge in [0.15, 0.2) is 0 Å². The second kappa shape index (κ2) is 4.26. The molecule has 0 amide bonds. The molecule has 20 heavy (non-hydrogen) atoms. The van der Waals surface area contributed by atoms with Gasteiger partial charge in [-0.25, -0.2) is 4.98 Å². The van der Waals surface area contributed by atoms with Gasteiger partial charge in [0.2, 0.25) is 0 Å². The molecular formula is C16H19N3S. The minimum atomic E-state index is 0.812. The summed E-state index contributed by atoms with van der Waals surface area (Å²) in [6, 6.07) is 10.1. The van der Waals surface area contributed by atoms with Crippen LogP contribution in [0.4, 0.5) is 0 Å². The van der Waals surface area contributed by atoms with Crippen molar-refractivity contribution in [3.05, 3.63) is 29.3 Å². The molecule has 4 atom stereocenters. The molecule has 1 aromatic heterocycles. The lowest BCUT2D eigenvalue weighted by molar-refractivity contribution is 0.218. The molecule has 0 spiro atoms. The van der Waals surface area contributed by atoms with Gasteiger partial charge >= 0.3 is 0 Å². The van der Waals surface area contributed by atoms with Crippen LogP contribution < -0.4 is 5.32 Å². The minimum Gasteiger partial charge on any atom is -0.316 e. The average Bonchev–Trinajstić information content (AvgIpc) is 3.18. The first kappa shape index (κ1) is 11.7. The summed E-state index contributed by atoms with van der Waals surface area (Å²) in [6.45, 7) is 3.55. The number of benzene rings is 1. The zero-order valence-electron chi connectivity index (χ0n) is 11.5. The van der Waals surface area contributed by atoms with Gasteiger partial charge in [-0.1, -0.05) is 12.1 Å². The van der Waals surface area contributed by atoms with Crippen LogP contribution in [-0.4, -0.2) is 35.1 Å². The number of nitrogens with one attached hydrogen (secondary N) is 1. The van der Waals surface area contributed by atoms with E-state index in [-0.39, 0.29) is 0 Å². The lowest BCUT2D eigenvalue weighted by Crippen LogP contribution is -2.33. The van der Waals surface area contributed by atoms with Crippen molar-refractivity contribution in [1.29, 1.82) is 0 Å². The number of fused-ring (bicyclic) bond motifs is 6. The van der Waals surface area contributed by atoms with Crippen molar-refractivity contribution in [3.63, 3.8) is 0 Å². The molecule has 3 nitrogen and oxygen atoms in total. The lowest BCUT2D eigenvalue weighted by Gasteiger charge is -2.22. The van der Waals surface area contributed by atoms with E-state index in [1.165, 1.54) is 41.2 Å². The summed E-state index contributed by atoms with van der Waals surface area (Å²) in [5.74, 6) is 1.81. The van der Waals surface area contributed by atoms with Crippen molar-refractivity contribution in [2.45, 2.75) is 31.5 Å². The van der Waals surface area contributed by atoms with Crippen LogP contribution in [0.15, 0.2) is 24.3 Å². The zero-order valence-corrected chi connectivity index (χ0v) is 12.3. The summed E-state index contributed by atoms with van der Waals surface area (Å²) in [5.41, 5.74) is 1.17. The maximum atomic E-state index is 4.83. The minimum absolute atomic E-state index is 0.812. The Morgan fingerprint density at radius 1 is 1.15 bits per heavy atom. The predicted octanol–water partition coefficient (Wildman–Crippen LogP) is 2.48. The monoisotopic (exact) mass is 285 g/mol. The molecule has 3 saturated heterocycles. The molecule has 1 N–H and O–H groups in total. The number of rotatable bonds is 2. The fraction of sp³-hybridized carbons (Fsp3) is 0.562. The highest BCUT2D eigenvalue weighted by Crippen LogP contribution is 2.48. The van der Waals surface area contributed by atoms with E-state index in [0.29, 0.717) is 0 Å². The van der Waals surface area contributed by atoms with E-state index in [4.69, 9.17) is 4.98 Å². The summed E-state index contributed by atoms with van der Waals surface area (Å²) in [6.07, 6.45) is 2.80. The highest BCUT2D eigenvalue weighted by atomic mass is 32.1. The summed E-state index contributed by atoms with van der Waals surface area (Å²) in [5, 5.41) is 4.89. The summed E-state index contributed by atoms with van der Waals surface area (Å²) in [4.78, 5) is 7.60. The topological polar surface area (TPSA) is 28.2 Å². The molecule has 3 aliphatic heterocycles. The lowest BCUT2D eigenvalue weighted by atomic mass is 9.82. The highest BCUT2D eigenvalue weighted by molar-refractivity contribution is 7.18. The van der Waals surface area contributed by atoms with Crippen LogP contribution in [0.2, 0.25) is 0 Å². The van der Waals surface area contributed by atoms with Crippen molar-refractivity contribution in [2.24, 2.45) is 11.8 Å². The Morgan fingerprint density at radius 2 is 1.90 bits per heavy atom. The second-order valence-electron chi connectivity index (χ2n) is 6.45. The van der Waals surface area contributed by atoms with Gasteiger partial charge in [0.25, 0.3) is 0 Å². The SMILES string of the molecule is c1ccc2sc(CN3[C@@H]4CC[C@H]3[C@H]3CNC[C@H]34)nc2c1. The maximum Gasteiger partial charge on any atom is 0.108 e. The second-order valence-corrected chi connectivity index (χ2v) is 7.56. The molecule has 4 heteroatoms. The van der Waals surface area contributed by atoms with Gasteiger partial charge in [-0.2, -0.15) is 0 Å². The molecule has 3 aliphatic rings. The third-order valence-corrected chi connectivity index (χ3v) is 6.59. The molecule has 0 unspecified atom stereocenters. The molecule has 2 aromatic rings. The van der Waals surface area contributed by atoms with Crippen LogP contribution in [0.1, 0.15) is 17.8 Å². The van der Waals surface area contributed by atoms with E-state index < -0.39 is 0 Å². The number of para-hydroxylation sites is 1. The van der Waals surface area contributed by atoms with Crippen LogP contribution in [0, 0.1) is 11.8 Å². The predicted molar refractivity (Wildman–Crippen MR) is 81.8 cm³/mol. The fourth-order valence-electron chi connectivity index (χ4n) is 4.78. The largest absolute Gasteiger partial charge is 0.316 e. The highest BCUT2D eigenvalue weighted by Gasteiger charge is 2.54. The molecule has 0 aliphatic carbocycles. The van der Waals surface area contributed by atoms with E-state index in [1.54, 1.807) is 0 Å². The van der Waals surface area contributed by atoms with Crippen molar-refractivity contribution >= 4 is 21.6 Å². The number of aromatic nitrogens is 1. The molecule has 0 radical (unpaired) electrons. The first-order valence-electron chi connectivity index (χ1n) is 7.71. The van der Waals surface area contributed by atoms with Gasteiger partial charge < -0.3 is 5.32 Å². The third kappa shape index (κ3) is 1.56. The first-order chi connectivity index (χ1) is 9.90. The normalized spacial score (nSPS) is 36.0. The molecule has 3 fully saturated rings. The zero-order chi connectivity index (χ0) is 13.1. The van der Waals surface area contributed by atoms with Crippen molar-refractivity contribution in [3.8, 4) is 0 Å². The number of hydrogen-bond donors (Lipinski definition) is 1. The quantitative estimate of drug-likeness (QED) is 0.919. The van der Waals surface area contributed by atoms with Gasteiger partial charge in [0.1, 0.15) is 5.01 Å².